The molecule has 3 heteroatoms. The molecular weight excluding hydrogens is 106 g/mol. The number of aliphatic hydroxyl groups excluding tert-OH is 2. The molecule has 1 aliphatic rings. The van der Waals surface area contributed by atoms with Gasteiger partial charge in [0.2, 0.25) is 0 Å². The average molecular weight is 117 g/mol. The molecule has 48 valence electrons. The summed E-state index contributed by atoms with van der Waals surface area (Å²) >= 11 is 0. The van der Waals surface area contributed by atoms with Crippen LogP contribution in [-0.4, -0.2) is 28.5 Å². The molecule has 0 radical (unpaired) electrons. The van der Waals surface area contributed by atoms with Crippen LogP contribution < -0.4 is 5.73 Å². The Labute approximate surface area is 48.1 Å². The second-order valence-electron chi connectivity index (χ2n) is 2.37. The molecule has 0 aliphatic heterocycles. The minimum absolute atomic E-state index is 0.000000000000000444. The molecule has 0 aromatic rings. The summed E-state index contributed by atoms with van der Waals surface area (Å²) in [6, 6.07) is -0.000000000000000444. The summed E-state index contributed by atoms with van der Waals surface area (Å²) in [5.41, 5.74) is 5.40. The van der Waals surface area contributed by atoms with E-state index < -0.39 is 12.2 Å². The lowest BCUT2D eigenvalue weighted by Crippen LogP contribution is -2.17. The van der Waals surface area contributed by atoms with E-state index >= 15 is 0 Å². The standard InChI is InChI=1S/C5H11NO2/c6-3-1-4(7)5(8)2-3/h3-5,7-8H,1-2,6H2/t3-,4+,5-. The van der Waals surface area contributed by atoms with Gasteiger partial charge in [-0.2, -0.15) is 0 Å². The lowest BCUT2D eigenvalue weighted by Gasteiger charge is -2.02. The first-order chi connectivity index (χ1) is 3.70. The summed E-state index contributed by atoms with van der Waals surface area (Å²) < 4.78 is 0. The van der Waals surface area contributed by atoms with Crippen molar-refractivity contribution < 1.29 is 10.2 Å². The van der Waals surface area contributed by atoms with E-state index in [-0.39, 0.29) is 6.04 Å². The maximum atomic E-state index is 8.84. The third kappa shape index (κ3) is 0.992. The Morgan fingerprint density at radius 3 is 1.62 bits per heavy atom. The Morgan fingerprint density at radius 1 is 1.12 bits per heavy atom. The number of hydrogen-bond acceptors (Lipinski definition) is 3. The normalized spacial score (nSPS) is 47.6. The van der Waals surface area contributed by atoms with Crippen molar-refractivity contribution in [3.05, 3.63) is 0 Å². The van der Waals surface area contributed by atoms with Crippen LogP contribution in [0.5, 0.6) is 0 Å². The van der Waals surface area contributed by atoms with E-state index in [0.29, 0.717) is 12.8 Å². The minimum atomic E-state index is -0.579. The number of aliphatic hydroxyl groups is 2. The molecule has 1 fully saturated rings. The Balaban J connectivity index is 2.39. The molecule has 3 atom stereocenters. The van der Waals surface area contributed by atoms with Crippen LogP contribution in [-0.2, 0) is 0 Å². The number of hydrogen-bond donors (Lipinski definition) is 3. The summed E-state index contributed by atoms with van der Waals surface area (Å²) in [5.74, 6) is 0. The van der Waals surface area contributed by atoms with E-state index in [0.717, 1.165) is 0 Å². The van der Waals surface area contributed by atoms with Crippen LogP contribution in [0.2, 0.25) is 0 Å². The topological polar surface area (TPSA) is 66.5 Å². The van der Waals surface area contributed by atoms with Gasteiger partial charge in [-0.3, -0.25) is 0 Å². The first-order valence-electron chi connectivity index (χ1n) is 2.82. The highest BCUT2D eigenvalue weighted by molar-refractivity contribution is 4.84. The molecule has 0 aromatic carbocycles. The Morgan fingerprint density at radius 2 is 1.50 bits per heavy atom. The number of nitrogens with two attached hydrogens (primary N) is 1. The van der Waals surface area contributed by atoms with Gasteiger partial charge in [0.25, 0.3) is 0 Å². The second kappa shape index (κ2) is 2.01. The molecular formula is C5H11NO2. The van der Waals surface area contributed by atoms with Gasteiger partial charge in [0.05, 0.1) is 12.2 Å². The van der Waals surface area contributed by atoms with E-state index in [1.54, 1.807) is 0 Å². The molecule has 0 amide bonds. The van der Waals surface area contributed by atoms with Crippen molar-refractivity contribution in [3.63, 3.8) is 0 Å². The molecule has 0 spiro atoms. The molecule has 0 aromatic heterocycles. The van der Waals surface area contributed by atoms with Crippen LogP contribution in [0.15, 0.2) is 0 Å². The second-order valence-corrected chi connectivity index (χ2v) is 2.37. The van der Waals surface area contributed by atoms with Crippen LogP contribution >= 0.6 is 0 Å². The quantitative estimate of drug-likeness (QED) is 0.374. The van der Waals surface area contributed by atoms with Gasteiger partial charge in [0, 0.05) is 6.04 Å². The zero-order valence-corrected chi connectivity index (χ0v) is 4.62. The van der Waals surface area contributed by atoms with Crippen molar-refractivity contribution in [1.82, 2.24) is 0 Å². The third-order valence-corrected chi connectivity index (χ3v) is 1.53. The van der Waals surface area contributed by atoms with Gasteiger partial charge in [-0.05, 0) is 12.8 Å². The monoisotopic (exact) mass is 117 g/mol. The van der Waals surface area contributed by atoms with E-state index in [1.807, 2.05) is 0 Å². The van der Waals surface area contributed by atoms with Gasteiger partial charge in [0.15, 0.2) is 0 Å². The summed E-state index contributed by atoms with van der Waals surface area (Å²) in [4.78, 5) is 0. The average Bonchev–Trinajstić information content (AvgIpc) is 1.85. The van der Waals surface area contributed by atoms with Crippen LogP contribution in [0, 0.1) is 0 Å². The third-order valence-electron chi connectivity index (χ3n) is 1.53. The minimum Gasteiger partial charge on any atom is -0.390 e. The first-order valence-corrected chi connectivity index (χ1v) is 2.82. The molecule has 3 nitrogen and oxygen atoms in total. The van der Waals surface area contributed by atoms with Crippen LogP contribution in [0.4, 0.5) is 0 Å². The number of rotatable bonds is 0. The van der Waals surface area contributed by atoms with Crippen molar-refractivity contribution in [2.75, 3.05) is 0 Å². The molecule has 8 heavy (non-hydrogen) atoms. The van der Waals surface area contributed by atoms with E-state index in [4.69, 9.17) is 15.9 Å². The Bertz CT molecular complexity index is 76.5. The van der Waals surface area contributed by atoms with E-state index in [1.165, 1.54) is 0 Å². The SMILES string of the molecule is N[C@H]1C[C@@H](O)[C@@H](O)C1. The Hall–Kier alpha value is -0.120. The molecule has 1 rings (SSSR count). The van der Waals surface area contributed by atoms with Gasteiger partial charge >= 0.3 is 0 Å². The fraction of sp³-hybridized carbons (Fsp3) is 1.00. The van der Waals surface area contributed by atoms with Gasteiger partial charge in [0.1, 0.15) is 0 Å². The summed E-state index contributed by atoms with van der Waals surface area (Å²) in [5, 5.41) is 17.7. The summed E-state index contributed by atoms with van der Waals surface area (Å²) in [6.07, 6.45) is -0.0718. The van der Waals surface area contributed by atoms with Crippen molar-refractivity contribution in [2.24, 2.45) is 5.73 Å². The van der Waals surface area contributed by atoms with Gasteiger partial charge < -0.3 is 15.9 Å². The van der Waals surface area contributed by atoms with Gasteiger partial charge in [-0.15, -0.1) is 0 Å². The molecule has 1 aliphatic carbocycles. The zero-order valence-electron chi connectivity index (χ0n) is 4.62. The Kier molecular flexibility index (Phi) is 1.51. The lowest BCUT2D eigenvalue weighted by atomic mass is 10.3. The molecule has 0 unspecified atom stereocenters. The van der Waals surface area contributed by atoms with E-state index in [2.05, 4.69) is 0 Å². The lowest BCUT2D eigenvalue weighted by molar-refractivity contribution is 0.0438. The summed E-state index contributed by atoms with van der Waals surface area (Å²) in [6.45, 7) is 0. The summed E-state index contributed by atoms with van der Waals surface area (Å²) in [7, 11) is 0. The van der Waals surface area contributed by atoms with Crippen LogP contribution in [0.3, 0.4) is 0 Å². The van der Waals surface area contributed by atoms with Crippen molar-refractivity contribution in [1.29, 1.82) is 0 Å². The zero-order chi connectivity index (χ0) is 6.15. The fourth-order valence-corrected chi connectivity index (χ4v) is 1.03. The highest BCUT2D eigenvalue weighted by Gasteiger charge is 2.28. The van der Waals surface area contributed by atoms with Crippen molar-refractivity contribution in [2.45, 2.75) is 31.1 Å². The van der Waals surface area contributed by atoms with Gasteiger partial charge in [-0.1, -0.05) is 0 Å². The molecule has 4 N–H and O–H groups in total. The van der Waals surface area contributed by atoms with E-state index in [9.17, 15) is 0 Å². The van der Waals surface area contributed by atoms with Gasteiger partial charge in [-0.25, -0.2) is 0 Å². The smallest absolute Gasteiger partial charge is 0.0814 e. The molecule has 0 heterocycles. The van der Waals surface area contributed by atoms with Crippen LogP contribution in [0.25, 0.3) is 0 Å². The largest absolute Gasteiger partial charge is 0.390 e. The molecule has 0 saturated heterocycles. The maximum absolute atomic E-state index is 8.84. The maximum Gasteiger partial charge on any atom is 0.0814 e. The van der Waals surface area contributed by atoms with Crippen molar-refractivity contribution in [3.8, 4) is 0 Å². The first kappa shape index (κ1) is 6.01. The fourth-order valence-electron chi connectivity index (χ4n) is 1.03. The van der Waals surface area contributed by atoms with Crippen LogP contribution in [0.1, 0.15) is 12.8 Å². The highest BCUT2D eigenvalue weighted by Crippen LogP contribution is 2.17. The highest BCUT2D eigenvalue weighted by atomic mass is 16.3. The molecule has 1 saturated carbocycles. The predicted molar refractivity (Wildman–Crippen MR) is 29.2 cm³/mol. The van der Waals surface area contributed by atoms with Crippen molar-refractivity contribution >= 4 is 0 Å². The molecule has 0 bridgehead atoms. The predicted octanol–water partition coefficient (Wildman–Crippen LogP) is -1.17.